The molecule has 1 aromatic heterocycles. The van der Waals surface area contributed by atoms with E-state index in [1.807, 2.05) is 50.0 Å². The van der Waals surface area contributed by atoms with Gasteiger partial charge in [-0.25, -0.2) is 0 Å². The molecule has 0 amide bonds. The Morgan fingerprint density at radius 1 is 1.00 bits per heavy atom. The lowest BCUT2D eigenvalue weighted by Gasteiger charge is -2.21. The Labute approximate surface area is 141 Å². The zero-order valence-electron chi connectivity index (χ0n) is 14.4. The molecule has 3 rings (SSSR count). The van der Waals surface area contributed by atoms with Crippen LogP contribution in [-0.2, 0) is 11.0 Å². The minimum absolute atomic E-state index is 0.288. The first-order valence-electron chi connectivity index (χ1n) is 8.07. The SMILES string of the molecule is CCn1c2ccccc2c2cc(C(O[Si](C)(C)C)=C(F)F)ccc21. The number of benzene rings is 2. The summed E-state index contributed by atoms with van der Waals surface area (Å²) in [4.78, 5) is 0. The summed E-state index contributed by atoms with van der Waals surface area (Å²) in [5, 5.41) is 2.05. The molecule has 3 aromatic rings. The summed E-state index contributed by atoms with van der Waals surface area (Å²) >= 11 is 0. The summed E-state index contributed by atoms with van der Waals surface area (Å²) in [6.07, 6.45) is -1.77. The average Bonchev–Trinajstić information content (AvgIpc) is 2.84. The highest BCUT2D eigenvalue weighted by Crippen LogP contribution is 2.33. The summed E-state index contributed by atoms with van der Waals surface area (Å²) in [5.74, 6) is -0.288. The Morgan fingerprint density at radius 3 is 2.29 bits per heavy atom. The van der Waals surface area contributed by atoms with Crippen molar-refractivity contribution in [1.29, 1.82) is 0 Å². The van der Waals surface area contributed by atoms with Gasteiger partial charge in [0.05, 0.1) is 0 Å². The Morgan fingerprint density at radius 2 is 1.67 bits per heavy atom. The molecular formula is C19H21F2NOSi. The van der Waals surface area contributed by atoms with Gasteiger partial charge in [-0.15, -0.1) is 0 Å². The average molecular weight is 345 g/mol. The van der Waals surface area contributed by atoms with Gasteiger partial charge in [-0.2, -0.15) is 8.78 Å². The fraction of sp³-hybridized carbons (Fsp3) is 0.263. The van der Waals surface area contributed by atoms with Crippen molar-refractivity contribution in [1.82, 2.24) is 4.57 Å². The minimum atomic E-state index is -2.13. The van der Waals surface area contributed by atoms with E-state index >= 15 is 0 Å². The maximum Gasteiger partial charge on any atom is 0.311 e. The van der Waals surface area contributed by atoms with Gasteiger partial charge in [0.25, 0.3) is 0 Å². The molecule has 2 nitrogen and oxygen atoms in total. The van der Waals surface area contributed by atoms with Crippen LogP contribution in [0.2, 0.25) is 19.6 Å². The molecule has 0 aliphatic heterocycles. The zero-order chi connectivity index (χ0) is 17.5. The Kier molecular flexibility index (Phi) is 4.21. The number of fused-ring (bicyclic) bond motifs is 3. The van der Waals surface area contributed by atoms with Gasteiger partial charge in [0, 0.05) is 33.9 Å². The van der Waals surface area contributed by atoms with Gasteiger partial charge in [0.1, 0.15) is 0 Å². The largest absolute Gasteiger partial charge is 0.540 e. The van der Waals surface area contributed by atoms with Crippen LogP contribution in [0.15, 0.2) is 48.5 Å². The highest BCUT2D eigenvalue weighted by Gasteiger charge is 2.23. The smallest absolute Gasteiger partial charge is 0.311 e. The second-order valence-electron chi connectivity index (χ2n) is 6.80. The van der Waals surface area contributed by atoms with Crippen molar-refractivity contribution in [2.75, 3.05) is 0 Å². The lowest BCUT2D eigenvalue weighted by atomic mass is 10.1. The van der Waals surface area contributed by atoms with Gasteiger partial charge in [0.15, 0.2) is 5.76 Å². The summed E-state index contributed by atoms with van der Waals surface area (Å²) in [5.41, 5.74) is 2.60. The highest BCUT2D eigenvalue weighted by atomic mass is 28.4. The highest BCUT2D eigenvalue weighted by molar-refractivity contribution is 6.70. The number of aryl methyl sites for hydroxylation is 1. The van der Waals surface area contributed by atoms with Crippen molar-refractivity contribution < 1.29 is 13.2 Å². The van der Waals surface area contributed by atoms with Gasteiger partial charge >= 0.3 is 6.08 Å². The molecule has 1 heterocycles. The second-order valence-corrected chi connectivity index (χ2v) is 11.2. The summed E-state index contributed by atoms with van der Waals surface area (Å²) < 4.78 is 34.8. The third kappa shape index (κ3) is 2.96. The molecule has 0 N–H and O–H groups in total. The second kappa shape index (κ2) is 6.05. The lowest BCUT2D eigenvalue weighted by molar-refractivity contribution is 0.384. The topological polar surface area (TPSA) is 14.2 Å². The van der Waals surface area contributed by atoms with E-state index in [4.69, 9.17) is 4.43 Å². The van der Waals surface area contributed by atoms with Crippen molar-refractivity contribution in [3.05, 3.63) is 54.1 Å². The van der Waals surface area contributed by atoms with Crippen LogP contribution >= 0.6 is 0 Å². The Bertz CT molecular complexity index is 934. The first-order valence-corrected chi connectivity index (χ1v) is 11.5. The van der Waals surface area contributed by atoms with Crippen LogP contribution in [0, 0.1) is 0 Å². The van der Waals surface area contributed by atoms with E-state index in [2.05, 4.69) is 17.6 Å². The molecular weight excluding hydrogens is 324 g/mol. The maximum atomic E-state index is 13.5. The van der Waals surface area contributed by atoms with Crippen LogP contribution in [0.1, 0.15) is 12.5 Å². The van der Waals surface area contributed by atoms with Gasteiger partial charge in [-0.3, -0.25) is 0 Å². The van der Waals surface area contributed by atoms with Crippen molar-refractivity contribution in [3.63, 3.8) is 0 Å². The number of para-hydroxylation sites is 1. The van der Waals surface area contributed by atoms with E-state index in [-0.39, 0.29) is 5.76 Å². The van der Waals surface area contributed by atoms with Crippen molar-refractivity contribution >= 4 is 35.9 Å². The van der Waals surface area contributed by atoms with Gasteiger partial charge in [-0.1, -0.05) is 18.2 Å². The van der Waals surface area contributed by atoms with Gasteiger partial charge < -0.3 is 8.99 Å². The van der Waals surface area contributed by atoms with Crippen LogP contribution in [-0.4, -0.2) is 12.9 Å². The predicted molar refractivity (Wildman–Crippen MR) is 98.7 cm³/mol. The molecule has 0 saturated carbocycles. The maximum absolute atomic E-state index is 13.5. The molecule has 0 unspecified atom stereocenters. The fourth-order valence-corrected chi connectivity index (χ4v) is 3.86. The van der Waals surface area contributed by atoms with E-state index in [0.717, 1.165) is 28.4 Å². The Balaban J connectivity index is 2.25. The summed E-state index contributed by atoms with van der Waals surface area (Å²) in [7, 11) is -2.13. The first kappa shape index (κ1) is 16.7. The summed E-state index contributed by atoms with van der Waals surface area (Å²) in [6.45, 7) is 8.61. The van der Waals surface area contributed by atoms with E-state index in [9.17, 15) is 8.78 Å². The quantitative estimate of drug-likeness (QED) is 0.404. The van der Waals surface area contributed by atoms with Crippen LogP contribution in [0.3, 0.4) is 0 Å². The van der Waals surface area contributed by atoms with Crippen LogP contribution < -0.4 is 0 Å². The molecule has 0 aliphatic rings. The number of nitrogens with zero attached hydrogens (tertiary/aromatic N) is 1. The molecule has 126 valence electrons. The van der Waals surface area contributed by atoms with E-state index in [1.54, 1.807) is 6.07 Å². The van der Waals surface area contributed by atoms with E-state index < -0.39 is 14.4 Å². The molecule has 0 atom stereocenters. The molecule has 5 heteroatoms. The van der Waals surface area contributed by atoms with Crippen LogP contribution in [0.4, 0.5) is 8.78 Å². The monoisotopic (exact) mass is 345 g/mol. The molecule has 24 heavy (non-hydrogen) atoms. The number of hydrogen-bond donors (Lipinski definition) is 0. The van der Waals surface area contributed by atoms with Gasteiger partial charge in [0.2, 0.25) is 8.32 Å². The number of halogens is 2. The fourth-order valence-electron chi connectivity index (χ4n) is 3.05. The van der Waals surface area contributed by atoms with Crippen LogP contribution in [0.5, 0.6) is 0 Å². The molecule has 0 radical (unpaired) electrons. The molecule has 0 fully saturated rings. The van der Waals surface area contributed by atoms with Gasteiger partial charge in [-0.05, 0) is 50.8 Å². The normalized spacial score (nSPS) is 11.9. The molecule has 0 bridgehead atoms. The number of rotatable bonds is 4. The van der Waals surface area contributed by atoms with Crippen molar-refractivity contribution in [2.45, 2.75) is 33.1 Å². The predicted octanol–water partition coefficient (Wildman–Crippen LogP) is 6.23. The minimum Gasteiger partial charge on any atom is -0.540 e. The molecule has 0 saturated heterocycles. The first-order chi connectivity index (χ1) is 11.3. The van der Waals surface area contributed by atoms with Crippen molar-refractivity contribution in [3.8, 4) is 0 Å². The zero-order valence-corrected chi connectivity index (χ0v) is 15.4. The number of hydrogen-bond acceptors (Lipinski definition) is 1. The third-order valence-corrected chi connectivity index (χ3v) is 4.75. The third-order valence-electron chi connectivity index (χ3n) is 3.93. The molecule has 0 aliphatic carbocycles. The van der Waals surface area contributed by atoms with Crippen LogP contribution in [0.25, 0.3) is 27.6 Å². The Hall–Kier alpha value is -2.14. The standard InChI is InChI=1S/C19H21F2NOSi/c1-5-22-16-9-7-6-8-14(16)15-12-13(10-11-17(15)22)18(19(20)21)23-24(2,3)4/h6-12H,5H2,1-4H3. The number of aromatic nitrogens is 1. The van der Waals surface area contributed by atoms with E-state index in [0.29, 0.717) is 5.56 Å². The lowest BCUT2D eigenvalue weighted by Crippen LogP contribution is -2.24. The van der Waals surface area contributed by atoms with Crippen molar-refractivity contribution in [2.24, 2.45) is 0 Å². The van der Waals surface area contributed by atoms with E-state index in [1.165, 1.54) is 0 Å². The molecule has 2 aromatic carbocycles. The summed E-state index contributed by atoms with van der Waals surface area (Å²) in [6, 6.07) is 13.5. The molecule has 0 spiro atoms.